The Bertz CT molecular complexity index is 853. The smallest absolute Gasteiger partial charge is 0.317 e. The number of nitrogens with zero attached hydrogens (tertiary/aromatic N) is 2. The number of amides is 2. The lowest BCUT2D eigenvalue weighted by atomic mass is 9.97. The Morgan fingerprint density at radius 2 is 1.85 bits per heavy atom. The molecule has 0 atom stereocenters. The van der Waals surface area contributed by atoms with Crippen LogP contribution in [0, 0.1) is 0 Å². The van der Waals surface area contributed by atoms with Crippen LogP contribution in [0.25, 0.3) is 11.1 Å². The van der Waals surface area contributed by atoms with E-state index in [2.05, 4.69) is 10.3 Å². The lowest BCUT2D eigenvalue weighted by Gasteiger charge is -2.30. The fraction of sp³-hybridized carbons (Fsp3) is 0.333. The standard InChI is InChI=1S/C21H23N3O3/c25-21(22-12-15-26-17-6-2-1-3-7-17)24-13-10-16(11-14-24)20-23-18-8-4-5-9-19(18)27-20/h1-9,16H,10-15H2,(H,22,25). The predicted octanol–water partition coefficient (Wildman–Crippen LogP) is 3.80. The number of para-hydroxylation sites is 3. The number of benzene rings is 2. The van der Waals surface area contributed by atoms with E-state index in [1.807, 2.05) is 59.5 Å². The Hall–Kier alpha value is -3.02. The molecular weight excluding hydrogens is 342 g/mol. The number of fused-ring (bicyclic) bond motifs is 1. The molecule has 3 aromatic rings. The maximum Gasteiger partial charge on any atom is 0.317 e. The third-order valence-electron chi connectivity index (χ3n) is 4.83. The molecule has 6 heteroatoms. The molecule has 1 aliphatic heterocycles. The molecule has 2 aromatic carbocycles. The molecule has 0 spiro atoms. The Labute approximate surface area is 158 Å². The number of aromatic nitrogens is 1. The maximum atomic E-state index is 12.3. The van der Waals surface area contributed by atoms with Crippen molar-refractivity contribution in [2.24, 2.45) is 0 Å². The van der Waals surface area contributed by atoms with Crippen LogP contribution in [0.5, 0.6) is 5.75 Å². The summed E-state index contributed by atoms with van der Waals surface area (Å²) in [6, 6.07) is 17.4. The van der Waals surface area contributed by atoms with Gasteiger partial charge in [0, 0.05) is 19.0 Å². The molecular formula is C21H23N3O3. The number of piperidine rings is 1. The molecule has 140 valence electrons. The summed E-state index contributed by atoms with van der Waals surface area (Å²) in [5.41, 5.74) is 1.72. The van der Waals surface area contributed by atoms with Gasteiger partial charge in [-0.15, -0.1) is 0 Å². The first-order chi connectivity index (χ1) is 13.3. The van der Waals surface area contributed by atoms with Crippen molar-refractivity contribution in [2.75, 3.05) is 26.2 Å². The van der Waals surface area contributed by atoms with Crippen LogP contribution in [-0.2, 0) is 0 Å². The molecule has 6 nitrogen and oxygen atoms in total. The Morgan fingerprint density at radius 3 is 2.63 bits per heavy atom. The number of hydrogen-bond acceptors (Lipinski definition) is 4. The van der Waals surface area contributed by atoms with Crippen molar-refractivity contribution >= 4 is 17.1 Å². The average Bonchev–Trinajstić information content (AvgIpc) is 3.16. The zero-order valence-corrected chi connectivity index (χ0v) is 15.1. The van der Waals surface area contributed by atoms with Crippen LogP contribution in [0.15, 0.2) is 59.0 Å². The SMILES string of the molecule is O=C(NCCOc1ccccc1)N1CCC(c2nc3ccccc3o2)CC1. The molecule has 2 heterocycles. The van der Waals surface area contributed by atoms with Gasteiger partial charge < -0.3 is 19.4 Å². The Balaban J connectivity index is 1.22. The second-order valence-electron chi connectivity index (χ2n) is 6.67. The highest BCUT2D eigenvalue weighted by atomic mass is 16.5. The van der Waals surface area contributed by atoms with E-state index in [-0.39, 0.29) is 11.9 Å². The predicted molar refractivity (Wildman–Crippen MR) is 103 cm³/mol. The lowest BCUT2D eigenvalue weighted by Crippen LogP contribution is -2.45. The van der Waals surface area contributed by atoms with Gasteiger partial charge in [-0.1, -0.05) is 30.3 Å². The number of urea groups is 1. The number of oxazole rings is 1. The minimum Gasteiger partial charge on any atom is -0.492 e. The zero-order chi connectivity index (χ0) is 18.5. The van der Waals surface area contributed by atoms with E-state index in [0.717, 1.165) is 35.6 Å². The fourth-order valence-electron chi connectivity index (χ4n) is 3.35. The minimum atomic E-state index is -0.0392. The van der Waals surface area contributed by atoms with Gasteiger partial charge in [0.1, 0.15) is 17.9 Å². The van der Waals surface area contributed by atoms with Crippen molar-refractivity contribution in [2.45, 2.75) is 18.8 Å². The van der Waals surface area contributed by atoms with Gasteiger partial charge in [-0.05, 0) is 37.1 Å². The molecule has 0 radical (unpaired) electrons. The summed E-state index contributed by atoms with van der Waals surface area (Å²) in [5, 5.41) is 2.92. The number of likely N-dealkylation sites (tertiary alicyclic amines) is 1. The van der Waals surface area contributed by atoms with Crippen molar-refractivity contribution in [3.05, 3.63) is 60.5 Å². The minimum absolute atomic E-state index is 0.0392. The van der Waals surface area contributed by atoms with Gasteiger partial charge >= 0.3 is 6.03 Å². The second kappa shape index (κ2) is 8.12. The number of nitrogens with one attached hydrogen (secondary N) is 1. The highest BCUT2D eigenvalue weighted by Gasteiger charge is 2.26. The Kier molecular flexibility index (Phi) is 5.23. The van der Waals surface area contributed by atoms with E-state index < -0.39 is 0 Å². The van der Waals surface area contributed by atoms with Crippen molar-refractivity contribution in [1.29, 1.82) is 0 Å². The summed E-state index contributed by atoms with van der Waals surface area (Å²) in [6.07, 6.45) is 1.72. The van der Waals surface area contributed by atoms with Crippen LogP contribution in [0.4, 0.5) is 4.79 Å². The van der Waals surface area contributed by atoms with Gasteiger partial charge in [0.2, 0.25) is 0 Å². The van der Waals surface area contributed by atoms with Crippen LogP contribution in [0.2, 0.25) is 0 Å². The molecule has 0 aliphatic carbocycles. The normalized spacial score (nSPS) is 15.0. The lowest BCUT2D eigenvalue weighted by molar-refractivity contribution is 0.175. The van der Waals surface area contributed by atoms with E-state index in [0.29, 0.717) is 26.2 Å². The fourth-order valence-corrected chi connectivity index (χ4v) is 3.35. The number of carbonyl (C=O) groups is 1. The van der Waals surface area contributed by atoms with Crippen LogP contribution in [0.1, 0.15) is 24.7 Å². The quantitative estimate of drug-likeness (QED) is 0.699. The summed E-state index contributed by atoms with van der Waals surface area (Å²) in [6.45, 7) is 2.34. The first-order valence-corrected chi connectivity index (χ1v) is 9.36. The highest BCUT2D eigenvalue weighted by Crippen LogP contribution is 2.29. The molecule has 1 aliphatic rings. The highest BCUT2D eigenvalue weighted by molar-refractivity contribution is 5.74. The number of ether oxygens (including phenoxy) is 1. The van der Waals surface area contributed by atoms with E-state index in [1.54, 1.807) is 0 Å². The van der Waals surface area contributed by atoms with Gasteiger partial charge in [-0.2, -0.15) is 0 Å². The van der Waals surface area contributed by atoms with Crippen molar-refractivity contribution in [3.63, 3.8) is 0 Å². The third-order valence-corrected chi connectivity index (χ3v) is 4.83. The zero-order valence-electron chi connectivity index (χ0n) is 15.1. The second-order valence-corrected chi connectivity index (χ2v) is 6.67. The van der Waals surface area contributed by atoms with Gasteiger partial charge in [0.05, 0.1) is 6.54 Å². The molecule has 2 amide bonds. The number of hydrogen-bond donors (Lipinski definition) is 1. The molecule has 0 bridgehead atoms. The van der Waals surface area contributed by atoms with Gasteiger partial charge in [-0.25, -0.2) is 9.78 Å². The summed E-state index contributed by atoms with van der Waals surface area (Å²) in [4.78, 5) is 18.8. The molecule has 0 saturated carbocycles. The largest absolute Gasteiger partial charge is 0.492 e. The summed E-state index contributed by atoms with van der Waals surface area (Å²) in [5.74, 6) is 1.86. The monoisotopic (exact) mass is 365 g/mol. The molecule has 0 unspecified atom stereocenters. The van der Waals surface area contributed by atoms with Crippen LogP contribution < -0.4 is 10.1 Å². The Morgan fingerprint density at radius 1 is 1.11 bits per heavy atom. The molecule has 1 saturated heterocycles. The van der Waals surface area contributed by atoms with Crippen LogP contribution >= 0.6 is 0 Å². The summed E-state index contributed by atoms with van der Waals surface area (Å²) >= 11 is 0. The molecule has 4 rings (SSSR count). The molecule has 1 N–H and O–H groups in total. The van der Waals surface area contributed by atoms with E-state index in [1.165, 1.54) is 0 Å². The van der Waals surface area contributed by atoms with Crippen LogP contribution in [-0.4, -0.2) is 42.2 Å². The van der Waals surface area contributed by atoms with Gasteiger partial charge in [0.25, 0.3) is 0 Å². The first-order valence-electron chi connectivity index (χ1n) is 9.36. The van der Waals surface area contributed by atoms with E-state index in [4.69, 9.17) is 9.15 Å². The van der Waals surface area contributed by atoms with E-state index in [9.17, 15) is 4.79 Å². The first kappa shape index (κ1) is 17.4. The van der Waals surface area contributed by atoms with Crippen molar-refractivity contribution in [3.8, 4) is 5.75 Å². The average molecular weight is 365 g/mol. The van der Waals surface area contributed by atoms with E-state index >= 15 is 0 Å². The van der Waals surface area contributed by atoms with Gasteiger partial charge in [-0.3, -0.25) is 0 Å². The molecule has 1 fully saturated rings. The third kappa shape index (κ3) is 4.22. The van der Waals surface area contributed by atoms with Gasteiger partial charge in [0.15, 0.2) is 11.5 Å². The molecule has 1 aromatic heterocycles. The topological polar surface area (TPSA) is 67.6 Å². The number of carbonyl (C=O) groups excluding carboxylic acids is 1. The maximum absolute atomic E-state index is 12.3. The van der Waals surface area contributed by atoms with Crippen LogP contribution in [0.3, 0.4) is 0 Å². The summed E-state index contributed by atoms with van der Waals surface area (Å²) in [7, 11) is 0. The number of rotatable bonds is 5. The van der Waals surface area contributed by atoms with Crippen molar-refractivity contribution in [1.82, 2.24) is 15.2 Å². The molecule has 27 heavy (non-hydrogen) atoms. The van der Waals surface area contributed by atoms with Crippen molar-refractivity contribution < 1.29 is 13.9 Å². The summed E-state index contributed by atoms with van der Waals surface area (Å²) < 4.78 is 11.5.